The van der Waals surface area contributed by atoms with Crippen LogP contribution in [0.3, 0.4) is 0 Å². The van der Waals surface area contributed by atoms with Gasteiger partial charge >= 0.3 is 0 Å². The molecule has 1 unspecified atom stereocenters. The van der Waals surface area contributed by atoms with Gasteiger partial charge in [-0.2, -0.15) is 0 Å². The molecule has 2 aromatic rings. The van der Waals surface area contributed by atoms with Gasteiger partial charge in [-0.1, -0.05) is 37.6 Å². The molecule has 1 N–H and O–H groups in total. The van der Waals surface area contributed by atoms with Crippen LogP contribution in [0, 0.1) is 0 Å². The second kappa shape index (κ2) is 6.71. The maximum atomic E-state index is 11.2. The molecule has 3 rings (SSSR count). The number of nitrogens with zero attached hydrogens (tertiary/aromatic N) is 2. The summed E-state index contributed by atoms with van der Waals surface area (Å²) < 4.78 is 2.25. The van der Waals surface area contributed by atoms with Crippen LogP contribution in [0.1, 0.15) is 37.4 Å². The lowest BCUT2D eigenvalue weighted by Gasteiger charge is -2.23. The highest BCUT2D eigenvalue weighted by Crippen LogP contribution is 2.52. The number of fused-ring (bicyclic) bond motifs is 1. The summed E-state index contributed by atoms with van der Waals surface area (Å²) in [5.41, 5.74) is 3.22. The summed E-state index contributed by atoms with van der Waals surface area (Å²) in [7, 11) is 0. The van der Waals surface area contributed by atoms with Gasteiger partial charge in [0.05, 0.1) is 5.69 Å². The van der Waals surface area contributed by atoms with Gasteiger partial charge in [0.2, 0.25) is 0 Å². The molecular formula is C18H22N2OS. The number of anilines is 1. The van der Waals surface area contributed by atoms with Crippen molar-refractivity contribution in [1.29, 1.82) is 0 Å². The Morgan fingerprint density at radius 3 is 2.77 bits per heavy atom. The molecular weight excluding hydrogens is 292 g/mol. The molecule has 116 valence electrons. The molecule has 1 aromatic heterocycles. The fraction of sp³-hybridized carbons (Fsp3) is 0.389. The highest BCUT2D eigenvalue weighted by molar-refractivity contribution is 8.01. The quantitative estimate of drug-likeness (QED) is 0.813. The van der Waals surface area contributed by atoms with Gasteiger partial charge in [-0.25, -0.2) is 0 Å². The number of benzene rings is 1. The van der Waals surface area contributed by atoms with E-state index in [0.29, 0.717) is 6.42 Å². The number of para-hydroxylation sites is 1. The minimum atomic E-state index is -0.845. The number of unbranched alkanes of at least 4 members (excludes halogenated alkanes) is 1. The molecule has 0 saturated heterocycles. The second-order valence-corrected chi connectivity index (χ2v) is 6.97. The Morgan fingerprint density at radius 2 is 2.00 bits per heavy atom. The molecule has 4 heteroatoms. The second-order valence-electron chi connectivity index (χ2n) is 5.67. The smallest absolute Gasteiger partial charge is 0.157 e. The molecule has 0 bridgehead atoms. The van der Waals surface area contributed by atoms with Crippen LogP contribution in [-0.2, 0) is 11.4 Å². The normalized spacial score (nSPS) is 20.2. The van der Waals surface area contributed by atoms with Crippen molar-refractivity contribution in [2.45, 2.75) is 37.5 Å². The lowest BCUT2D eigenvalue weighted by molar-refractivity contribution is 0.130. The Balaban J connectivity index is 1.78. The van der Waals surface area contributed by atoms with Crippen LogP contribution in [0.15, 0.2) is 48.7 Å². The summed E-state index contributed by atoms with van der Waals surface area (Å²) in [6, 6.07) is 14.1. The van der Waals surface area contributed by atoms with Crippen LogP contribution in [0.25, 0.3) is 0 Å². The number of aryl methyl sites for hydroxylation is 1. The Bertz CT molecular complexity index is 619. The van der Waals surface area contributed by atoms with Gasteiger partial charge in [-0.05, 0) is 49.4 Å². The number of hydrogen-bond acceptors (Lipinski definition) is 4. The number of aliphatic hydroxyl groups is 1. The largest absolute Gasteiger partial charge is 0.373 e. The molecule has 0 saturated carbocycles. The Labute approximate surface area is 136 Å². The van der Waals surface area contributed by atoms with Gasteiger partial charge < -0.3 is 9.41 Å². The average Bonchev–Trinajstić information content (AvgIpc) is 2.86. The van der Waals surface area contributed by atoms with E-state index in [4.69, 9.17) is 0 Å². The van der Waals surface area contributed by atoms with Crippen molar-refractivity contribution in [2.75, 3.05) is 10.8 Å². The van der Waals surface area contributed by atoms with Crippen molar-refractivity contribution >= 4 is 17.6 Å². The monoisotopic (exact) mass is 314 g/mol. The van der Waals surface area contributed by atoms with Crippen LogP contribution >= 0.6 is 11.9 Å². The first-order valence-corrected chi connectivity index (χ1v) is 8.69. The standard InChI is InChI=1S/C18H22N2OS/c1-2-3-14-20-17-10-5-4-9-16(17)18(21,22-20)12-11-15-8-6-7-13-19-15/h4-10,13,21H,2-3,11-12,14H2,1H3. The first-order valence-electron chi connectivity index (χ1n) is 7.91. The molecule has 0 fully saturated rings. The minimum Gasteiger partial charge on any atom is -0.373 e. The first kappa shape index (κ1) is 15.4. The molecule has 1 aliphatic heterocycles. The first-order chi connectivity index (χ1) is 10.7. The Hall–Kier alpha value is -1.52. The van der Waals surface area contributed by atoms with Crippen molar-refractivity contribution in [3.8, 4) is 0 Å². The molecule has 22 heavy (non-hydrogen) atoms. The van der Waals surface area contributed by atoms with E-state index in [-0.39, 0.29) is 0 Å². The van der Waals surface area contributed by atoms with Crippen molar-refractivity contribution < 1.29 is 5.11 Å². The third-order valence-electron chi connectivity index (χ3n) is 4.02. The molecule has 3 nitrogen and oxygen atoms in total. The summed E-state index contributed by atoms with van der Waals surface area (Å²) in [4.78, 5) is 3.52. The van der Waals surface area contributed by atoms with E-state index in [1.807, 2.05) is 42.6 Å². The molecule has 0 radical (unpaired) electrons. The van der Waals surface area contributed by atoms with E-state index in [9.17, 15) is 5.11 Å². The van der Waals surface area contributed by atoms with E-state index >= 15 is 0 Å². The predicted molar refractivity (Wildman–Crippen MR) is 92.7 cm³/mol. The molecule has 0 aliphatic carbocycles. The molecule has 0 spiro atoms. The zero-order valence-corrected chi connectivity index (χ0v) is 13.7. The fourth-order valence-corrected chi connectivity index (χ4v) is 4.10. The van der Waals surface area contributed by atoms with Crippen LogP contribution < -0.4 is 4.31 Å². The number of hydrogen-bond donors (Lipinski definition) is 1. The van der Waals surface area contributed by atoms with Gasteiger partial charge in [-0.15, -0.1) is 0 Å². The molecule has 0 amide bonds. The minimum absolute atomic E-state index is 0.675. The number of aromatic nitrogens is 1. The van der Waals surface area contributed by atoms with Crippen LogP contribution in [0.2, 0.25) is 0 Å². The molecule has 1 aromatic carbocycles. The van der Waals surface area contributed by atoms with Crippen LogP contribution in [0.5, 0.6) is 0 Å². The maximum absolute atomic E-state index is 11.2. The van der Waals surface area contributed by atoms with Crippen molar-refractivity contribution in [3.63, 3.8) is 0 Å². The summed E-state index contributed by atoms with van der Waals surface area (Å²) in [6.45, 7) is 3.17. The summed E-state index contributed by atoms with van der Waals surface area (Å²) >= 11 is 1.56. The fourth-order valence-electron chi connectivity index (χ4n) is 2.79. The zero-order chi connectivity index (χ0) is 15.4. The van der Waals surface area contributed by atoms with Crippen molar-refractivity contribution in [1.82, 2.24) is 4.98 Å². The molecule has 2 heterocycles. The summed E-state index contributed by atoms with van der Waals surface area (Å²) in [5, 5.41) is 11.2. The number of pyridine rings is 1. The zero-order valence-electron chi connectivity index (χ0n) is 12.9. The van der Waals surface area contributed by atoms with E-state index in [0.717, 1.165) is 42.8 Å². The average molecular weight is 314 g/mol. The van der Waals surface area contributed by atoms with Crippen LogP contribution in [-0.4, -0.2) is 16.6 Å². The van der Waals surface area contributed by atoms with Crippen LogP contribution in [0.4, 0.5) is 5.69 Å². The third-order valence-corrected chi connectivity index (χ3v) is 5.34. The topological polar surface area (TPSA) is 36.4 Å². The van der Waals surface area contributed by atoms with Crippen molar-refractivity contribution in [2.24, 2.45) is 0 Å². The number of rotatable bonds is 6. The van der Waals surface area contributed by atoms with E-state index in [1.165, 1.54) is 0 Å². The van der Waals surface area contributed by atoms with Gasteiger partial charge in [0.25, 0.3) is 0 Å². The highest BCUT2D eigenvalue weighted by Gasteiger charge is 2.41. The lowest BCUT2D eigenvalue weighted by Crippen LogP contribution is -2.21. The predicted octanol–water partition coefficient (Wildman–Crippen LogP) is 4.13. The maximum Gasteiger partial charge on any atom is 0.157 e. The highest BCUT2D eigenvalue weighted by atomic mass is 32.2. The van der Waals surface area contributed by atoms with E-state index in [1.54, 1.807) is 11.9 Å². The lowest BCUT2D eigenvalue weighted by atomic mass is 10.0. The van der Waals surface area contributed by atoms with Crippen molar-refractivity contribution in [3.05, 3.63) is 59.9 Å². The SMILES string of the molecule is CCCCN1SC(O)(CCc2ccccn2)c2ccccc21. The summed E-state index contributed by atoms with van der Waals surface area (Å²) in [6.07, 6.45) is 5.56. The van der Waals surface area contributed by atoms with Gasteiger partial charge in [0.1, 0.15) is 0 Å². The molecule has 1 atom stereocenters. The Kier molecular flexibility index (Phi) is 4.69. The molecule has 1 aliphatic rings. The van der Waals surface area contributed by atoms with Gasteiger partial charge in [0.15, 0.2) is 4.93 Å². The van der Waals surface area contributed by atoms with Gasteiger partial charge in [0, 0.05) is 24.0 Å². The Morgan fingerprint density at radius 1 is 1.18 bits per heavy atom. The summed E-state index contributed by atoms with van der Waals surface area (Å²) in [5.74, 6) is 0. The van der Waals surface area contributed by atoms with Gasteiger partial charge in [-0.3, -0.25) is 4.98 Å². The van der Waals surface area contributed by atoms with E-state index < -0.39 is 4.93 Å². The third kappa shape index (κ3) is 3.13. The van der Waals surface area contributed by atoms with E-state index in [2.05, 4.69) is 22.3 Å².